The molecule has 138 valence electrons. The number of ether oxygens (including phenoxy) is 3. The lowest BCUT2D eigenvalue weighted by atomic mass is 10.0. The zero-order chi connectivity index (χ0) is 18.7. The Morgan fingerprint density at radius 1 is 1.31 bits per heavy atom. The highest BCUT2D eigenvalue weighted by Crippen LogP contribution is 2.28. The third kappa shape index (κ3) is 4.01. The van der Waals surface area contributed by atoms with Crippen LogP contribution in [0.1, 0.15) is 17.3 Å². The summed E-state index contributed by atoms with van der Waals surface area (Å²) >= 11 is 0. The predicted octanol–water partition coefficient (Wildman–Crippen LogP) is 0.759. The molecule has 3 rings (SSSR count). The summed E-state index contributed by atoms with van der Waals surface area (Å²) in [5.41, 5.74) is 0.391. The zero-order valence-electron chi connectivity index (χ0n) is 14.1. The third-order valence-corrected chi connectivity index (χ3v) is 4.27. The molecule has 7 heteroatoms. The van der Waals surface area contributed by atoms with Crippen LogP contribution in [0.25, 0.3) is 0 Å². The van der Waals surface area contributed by atoms with E-state index in [1.165, 1.54) is 24.3 Å². The Labute approximate surface area is 150 Å². The maximum Gasteiger partial charge on any atom is 0.338 e. The van der Waals surface area contributed by atoms with Crippen molar-refractivity contribution in [2.24, 2.45) is 0 Å². The van der Waals surface area contributed by atoms with Gasteiger partial charge in [0.15, 0.2) is 6.10 Å². The Hall–Kier alpha value is -2.48. The first-order valence-corrected chi connectivity index (χ1v) is 8.30. The van der Waals surface area contributed by atoms with Crippen molar-refractivity contribution < 1.29 is 34.0 Å². The summed E-state index contributed by atoms with van der Waals surface area (Å²) in [5.74, 6) is -1.06. The zero-order valence-corrected chi connectivity index (χ0v) is 14.1. The number of esters is 2. The lowest BCUT2D eigenvalue weighted by Crippen LogP contribution is -2.37. The summed E-state index contributed by atoms with van der Waals surface area (Å²) in [6.45, 7) is 1.56. The number of benzene rings is 1. The molecule has 1 fully saturated rings. The number of carbonyl (C=O) groups is 2. The average Bonchev–Trinajstić information content (AvgIpc) is 2.95. The second-order valence-corrected chi connectivity index (χ2v) is 6.17. The average molecular weight is 360 g/mol. The molecule has 6 atom stereocenters. The lowest BCUT2D eigenvalue weighted by Gasteiger charge is -2.20. The Morgan fingerprint density at radius 2 is 2.04 bits per heavy atom. The fourth-order valence-corrected chi connectivity index (χ4v) is 2.78. The van der Waals surface area contributed by atoms with E-state index in [4.69, 9.17) is 14.2 Å². The molecule has 26 heavy (non-hydrogen) atoms. The van der Waals surface area contributed by atoms with Crippen LogP contribution in [0, 0.1) is 0 Å². The first-order chi connectivity index (χ1) is 12.5. The maximum absolute atomic E-state index is 12.0. The highest BCUT2D eigenvalue weighted by molar-refractivity contribution is 5.89. The van der Waals surface area contributed by atoms with Crippen molar-refractivity contribution in [3.63, 3.8) is 0 Å². The molecular weight excluding hydrogens is 340 g/mol. The van der Waals surface area contributed by atoms with Gasteiger partial charge in [-0.15, -0.1) is 0 Å². The van der Waals surface area contributed by atoms with Crippen LogP contribution in [0.15, 0.2) is 54.6 Å². The van der Waals surface area contributed by atoms with E-state index >= 15 is 0 Å². The van der Waals surface area contributed by atoms with Crippen molar-refractivity contribution in [2.45, 2.75) is 43.5 Å². The lowest BCUT2D eigenvalue weighted by molar-refractivity contribution is -0.150. The van der Waals surface area contributed by atoms with Crippen LogP contribution in [0.3, 0.4) is 0 Å². The molecule has 0 aliphatic carbocycles. The van der Waals surface area contributed by atoms with Gasteiger partial charge in [-0.3, -0.25) is 0 Å². The number of fused-ring (bicyclic) bond motifs is 1. The number of hydrogen-bond acceptors (Lipinski definition) is 7. The van der Waals surface area contributed by atoms with Gasteiger partial charge in [0.2, 0.25) is 0 Å². The molecule has 1 aromatic carbocycles. The molecule has 0 bridgehead atoms. The summed E-state index contributed by atoms with van der Waals surface area (Å²) in [4.78, 5) is 23.2. The molecule has 0 aromatic heterocycles. The van der Waals surface area contributed by atoms with Crippen molar-refractivity contribution in [1.29, 1.82) is 0 Å². The van der Waals surface area contributed by atoms with E-state index in [1.807, 2.05) is 0 Å². The number of aliphatic hydroxyl groups excluding tert-OH is 2. The first-order valence-electron chi connectivity index (χ1n) is 8.30. The highest BCUT2D eigenvalue weighted by Gasteiger charge is 2.45. The number of aliphatic hydroxyl groups is 2. The Bertz CT molecular complexity index is 712. The van der Waals surface area contributed by atoms with Crippen molar-refractivity contribution in [3.8, 4) is 0 Å². The monoisotopic (exact) mass is 360 g/mol. The van der Waals surface area contributed by atoms with Crippen molar-refractivity contribution in [1.82, 2.24) is 0 Å². The van der Waals surface area contributed by atoms with Gasteiger partial charge in [0.1, 0.15) is 30.5 Å². The minimum atomic E-state index is -1.08. The molecule has 2 aliphatic heterocycles. The number of carbonyl (C=O) groups excluding carboxylic acids is 2. The fourth-order valence-electron chi connectivity index (χ4n) is 2.78. The van der Waals surface area contributed by atoms with E-state index < -0.39 is 48.6 Å². The normalized spacial score (nSPS) is 29.9. The summed E-state index contributed by atoms with van der Waals surface area (Å²) < 4.78 is 15.9. The molecule has 2 aliphatic rings. The molecular formula is C19H20O7. The van der Waals surface area contributed by atoms with Gasteiger partial charge in [-0.2, -0.15) is 0 Å². The summed E-state index contributed by atoms with van der Waals surface area (Å²) in [5, 5.41) is 20.4. The molecule has 0 amide bonds. The molecule has 1 aromatic rings. The SMILES string of the molecule is C[C@H](OC(=O)c1ccccc1)[C@H](O)/C=C/[C@H]1O[C@H]2C=CC(=O)O[C@H]2[C@H]1O. The van der Waals surface area contributed by atoms with Gasteiger partial charge < -0.3 is 24.4 Å². The van der Waals surface area contributed by atoms with Crippen molar-refractivity contribution >= 4 is 11.9 Å². The van der Waals surface area contributed by atoms with E-state index in [2.05, 4.69) is 0 Å². The summed E-state index contributed by atoms with van der Waals surface area (Å²) in [7, 11) is 0. The highest BCUT2D eigenvalue weighted by atomic mass is 16.6. The third-order valence-electron chi connectivity index (χ3n) is 4.27. The van der Waals surface area contributed by atoms with Gasteiger partial charge >= 0.3 is 11.9 Å². The summed E-state index contributed by atoms with van der Waals surface area (Å²) in [6.07, 6.45) is 0.690. The van der Waals surface area contributed by atoms with Crippen LogP contribution in [0.2, 0.25) is 0 Å². The van der Waals surface area contributed by atoms with Gasteiger partial charge in [0.25, 0.3) is 0 Å². The number of rotatable bonds is 5. The van der Waals surface area contributed by atoms with Crippen LogP contribution in [-0.2, 0) is 19.0 Å². The van der Waals surface area contributed by atoms with Gasteiger partial charge in [0.05, 0.1) is 5.56 Å². The molecule has 0 radical (unpaired) electrons. The van der Waals surface area contributed by atoms with E-state index in [0.717, 1.165) is 0 Å². The van der Waals surface area contributed by atoms with Crippen molar-refractivity contribution in [3.05, 3.63) is 60.2 Å². The van der Waals surface area contributed by atoms with Crippen LogP contribution in [0.4, 0.5) is 0 Å². The second kappa shape index (κ2) is 7.82. The molecule has 0 spiro atoms. The molecule has 0 saturated carbocycles. The Kier molecular flexibility index (Phi) is 5.51. The van der Waals surface area contributed by atoms with E-state index in [-0.39, 0.29) is 0 Å². The first kappa shape index (κ1) is 18.3. The van der Waals surface area contributed by atoms with Gasteiger partial charge in [-0.25, -0.2) is 9.59 Å². The topological polar surface area (TPSA) is 102 Å². The minimum absolute atomic E-state index is 0.391. The van der Waals surface area contributed by atoms with Gasteiger partial charge in [-0.05, 0) is 25.1 Å². The van der Waals surface area contributed by atoms with E-state index in [0.29, 0.717) is 5.56 Å². The van der Waals surface area contributed by atoms with Crippen LogP contribution in [-0.4, -0.2) is 58.8 Å². The Balaban J connectivity index is 1.56. The van der Waals surface area contributed by atoms with E-state index in [1.54, 1.807) is 37.3 Å². The van der Waals surface area contributed by atoms with Crippen LogP contribution >= 0.6 is 0 Å². The molecule has 1 saturated heterocycles. The predicted molar refractivity (Wildman–Crippen MR) is 90.2 cm³/mol. The maximum atomic E-state index is 12.0. The smallest absolute Gasteiger partial charge is 0.338 e. The molecule has 2 heterocycles. The molecule has 0 unspecified atom stereocenters. The van der Waals surface area contributed by atoms with Crippen LogP contribution < -0.4 is 0 Å². The largest absolute Gasteiger partial charge is 0.456 e. The Morgan fingerprint density at radius 3 is 2.77 bits per heavy atom. The standard InChI is InChI=1S/C19H20O7/c1-11(24-19(23)12-5-3-2-4-6-12)13(20)7-8-14-17(22)18-15(25-14)9-10-16(21)26-18/h2-11,13-15,17-18,20,22H,1H3/b8-7+/t11-,13+,14+,15-,17-,18+/m0/s1. The number of hydrogen-bond donors (Lipinski definition) is 2. The second-order valence-electron chi connectivity index (χ2n) is 6.17. The molecule has 2 N–H and O–H groups in total. The minimum Gasteiger partial charge on any atom is -0.456 e. The molecule has 7 nitrogen and oxygen atoms in total. The fraction of sp³-hybridized carbons (Fsp3) is 0.368. The van der Waals surface area contributed by atoms with E-state index in [9.17, 15) is 19.8 Å². The van der Waals surface area contributed by atoms with Crippen molar-refractivity contribution in [2.75, 3.05) is 0 Å². The van der Waals surface area contributed by atoms with Crippen LogP contribution in [0.5, 0.6) is 0 Å². The summed E-state index contributed by atoms with van der Waals surface area (Å²) in [6, 6.07) is 8.47. The van der Waals surface area contributed by atoms with Gasteiger partial charge in [-0.1, -0.05) is 30.4 Å². The quantitative estimate of drug-likeness (QED) is 0.590. The van der Waals surface area contributed by atoms with Gasteiger partial charge in [0, 0.05) is 6.08 Å².